The van der Waals surface area contributed by atoms with Crippen LogP contribution in [0.3, 0.4) is 0 Å². The van der Waals surface area contributed by atoms with Crippen molar-refractivity contribution in [2.75, 3.05) is 11.9 Å². The van der Waals surface area contributed by atoms with Crippen LogP contribution in [0.5, 0.6) is 5.75 Å². The lowest BCUT2D eigenvalue weighted by Crippen LogP contribution is -2.45. The Morgan fingerprint density at radius 3 is 2.56 bits per heavy atom. The number of nitrogens with one attached hydrogen (secondary N) is 1. The van der Waals surface area contributed by atoms with E-state index in [9.17, 15) is 9.59 Å². The number of nitrogens with zero attached hydrogens (tertiary/aromatic N) is 1. The summed E-state index contributed by atoms with van der Waals surface area (Å²) in [5.41, 5.74) is 0.0236. The summed E-state index contributed by atoms with van der Waals surface area (Å²) in [6, 6.07) is 6.78. The number of para-hydroxylation sites is 2. The molecule has 1 fully saturated rings. The van der Waals surface area contributed by atoms with Crippen LogP contribution >= 0.6 is 0 Å². The largest absolute Gasteiger partial charge is 0.489 e. The van der Waals surface area contributed by atoms with Crippen LogP contribution in [0.15, 0.2) is 24.3 Å². The molecule has 25 heavy (non-hydrogen) atoms. The van der Waals surface area contributed by atoms with Crippen LogP contribution in [0.2, 0.25) is 0 Å². The van der Waals surface area contributed by atoms with E-state index in [1.165, 1.54) is 4.90 Å². The van der Waals surface area contributed by atoms with Gasteiger partial charge in [-0.3, -0.25) is 9.69 Å². The van der Waals surface area contributed by atoms with Gasteiger partial charge in [0.25, 0.3) is 0 Å². The number of anilines is 1. The molecular weight excluding hydrogens is 320 g/mol. The second-order valence-electron chi connectivity index (χ2n) is 7.48. The number of benzene rings is 1. The Labute approximate surface area is 149 Å². The lowest BCUT2D eigenvalue weighted by atomic mass is 10.2. The molecule has 6 nitrogen and oxygen atoms in total. The number of ether oxygens (including phenoxy) is 2. The summed E-state index contributed by atoms with van der Waals surface area (Å²) in [6.07, 6.45) is 0.958. The Kier molecular flexibility index (Phi) is 5.93. The second-order valence-corrected chi connectivity index (χ2v) is 7.48. The topological polar surface area (TPSA) is 67.9 Å². The number of likely N-dealkylation sites (tertiary alicyclic amines) is 1. The molecule has 1 atom stereocenters. The molecule has 0 spiro atoms. The highest BCUT2D eigenvalue weighted by Gasteiger charge is 2.36. The van der Waals surface area contributed by atoms with E-state index in [4.69, 9.17) is 9.47 Å². The molecule has 2 amide bonds. The zero-order valence-electron chi connectivity index (χ0n) is 15.7. The minimum Gasteiger partial charge on any atom is -0.489 e. The average molecular weight is 348 g/mol. The second kappa shape index (κ2) is 7.76. The fourth-order valence-corrected chi connectivity index (χ4v) is 2.72. The molecule has 0 saturated carbocycles. The zero-order chi connectivity index (χ0) is 18.6. The van der Waals surface area contributed by atoms with Crippen molar-refractivity contribution in [1.29, 1.82) is 0 Å². The van der Waals surface area contributed by atoms with Gasteiger partial charge in [-0.2, -0.15) is 0 Å². The maximum atomic E-state index is 12.7. The molecule has 1 N–H and O–H groups in total. The minimum atomic E-state index is -0.585. The number of carbonyl (C=O) groups excluding carboxylic acids is 2. The minimum absolute atomic E-state index is 0.00259. The summed E-state index contributed by atoms with van der Waals surface area (Å²) in [6.45, 7) is 9.83. The maximum Gasteiger partial charge on any atom is 0.410 e. The van der Waals surface area contributed by atoms with Gasteiger partial charge < -0.3 is 14.8 Å². The molecule has 6 heteroatoms. The van der Waals surface area contributed by atoms with E-state index in [2.05, 4.69) is 5.32 Å². The van der Waals surface area contributed by atoms with Crippen LogP contribution in [-0.4, -0.2) is 41.2 Å². The predicted molar refractivity (Wildman–Crippen MR) is 96.8 cm³/mol. The molecule has 2 rings (SSSR count). The number of hydrogen-bond donors (Lipinski definition) is 1. The van der Waals surface area contributed by atoms with Gasteiger partial charge in [0.1, 0.15) is 17.4 Å². The maximum absolute atomic E-state index is 12.7. The van der Waals surface area contributed by atoms with Crippen molar-refractivity contribution in [1.82, 2.24) is 4.90 Å². The van der Waals surface area contributed by atoms with Crippen LogP contribution in [0, 0.1) is 0 Å². The Morgan fingerprint density at radius 1 is 1.24 bits per heavy atom. The molecule has 0 bridgehead atoms. The normalized spacial score (nSPS) is 17.5. The monoisotopic (exact) mass is 348 g/mol. The van der Waals surface area contributed by atoms with Crippen molar-refractivity contribution in [2.24, 2.45) is 0 Å². The third-order valence-electron chi connectivity index (χ3n) is 3.69. The molecule has 1 aliphatic heterocycles. The van der Waals surface area contributed by atoms with Crippen molar-refractivity contribution < 1.29 is 19.1 Å². The molecule has 1 aliphatic rings. The number of amides is 2. The van der Waals surface area contributed by atoms with Gasteiger partial charge in [0.15, 0.2) is 0 Å². The Morgan fingerprint density at radius 2 is 1.92 bits per heavy atom. The van der Waals surface area contributed by atoms with Crippen molar-refractivity contribution in [3.05, 3.63) is 24.3 Å². The lowest BCUT2D eigenvalue weighted by Gasteiger charge is -2.28. The van der Waals surface area contributed by atoms with Crippen molar-refractivity contribution in [3.8, 4) is 5.75 Å². The summed E-state index contributed by atoms with van der Waals surface area (Å²) in [5.74, 6) is 0.399. The predicted octanol–water partition coefficient (Wildman–Crippen LogP) is 3.81. The molecule has 1 aromatic rings. The number of hydrogen-bond acceptors (Lipinski definition) is 4. The van der Waals surface area contributed by atoms with E-state index in [0.29, 0.717) is 24.4 Å². The molecule has 1 saturated heterocycles. The molecule has 0 radical (unpaired) electrons. The highest BCUT2D eigenvalue weighted by Crippen LogP contribution is 2.27. The highest BCUT2D eigenvalue weighted by molar-refractivity contribution is 5.98. The van der Waals surface area contributed by atoms with E-state index >= 15 is 0 Å². The summed E-state index contributed by atoms with van der Waals surface area (Å²) < 4.78 is 11.1. The van der Waals surface area contributed by atoms with Gasteiger partial charge >= 0.3 is 6.09 Å². The zero-order valence-corrected chi connectivity index (χ0v) is 15.7. The van der Waals surface area contributed by atoms with E-state index in [1.807, 2.05) is 52.8 Å². The summed E-state index contributed by atoms with van der Waals surface area (Å²) in [4.78, 5) is 26.6. The first-order chi connectivity index (χ1) is 11.7. The quantitative estimate of drug-likeness (QED) is 0.898. The van der Waals surface area contributed by atoms with Gasteiger partial charge in [-0.1, -0.05) is 12.1 Å². The van der Waals surface area contributed by atoms with Gasteiger partial charge in [-0.25, -0.2) is 4.79 Å². The molecule has 0 aliphatic carbocycles. The van der Waals surface area contributed by atoms with Gasteiger partial charge in [0.05, 0.1) is 11.8 Å². The van der Waals surface area contributed by atoms with Gasteiger partial charge in [-0.05, 0) is 59.6 Å². The first-order valence-electron chi connectivity index (χ1n) is 8.73. The third kappa shape index (κ3) is 5.37. The first kappa shape index (κ1) is 19.1. The Bertz CT molecular complexity index is 622. The standard InChI is InChI=1S/C19H28N2O4/c1-13(2)24-16-11-7-6-9-14(16)20-17(22)15-10-8-12-21(15)18(23)25-19(3,4)5/h6-7,9,11,13,15H,8,10,12H2,1-5H3,(H,20,22). The Hall–Kier alpha value is -2.24. The summed E-state index contributed by atoms with van der Waals surface area (Å²) in [7, 11) is 0. The van der Waals surface area contributed by atoms with Crippen molar-refractivity contribution >= 4 is 17.7 Å². The number of rotatable bonds is 4. The molecule has 1 unspecified atom stereocenters. The molecule has 138 valence electrons. The van der Waals surface area contributed by atoms with E-state index in [-0.39, 0.29) is 12.0 Å². The summed E-state index contributed by atoms with van der Waals surface area (Å²) >= 11 is 0. The van der Waals surface area contributed by atoms with Gasteiger partial charge in [-0.15, -0.1) is 0 Å². The van der Waals surface area contributed by atoms with Crippen LogP contribution in [0.1, 0.15) is 47.5 Å². The van der Waals surface area contributed by atoms with Crippen LogP contribution < -0.4 is 10.1 Å². The molecule has 0 aromatic heterocycles. The van der Waals surface area contributed by atoms with Gasteiger partial charge in [0.2, 0.25) is 5.91 Å². The Balaban J connectivity index is 2.09. The van der Waals surface area contributed by atoms with Crippen LogP contribution in [0.4, 0.5) is 10.5 Å². The molecule has 1 heterocycles. The third-order valence-corrected chi connectivity index (χ3v) is 3.69. The van der Waals surface area contributed by atoms with E-state index in [0.717, 1.165) is 6.42 Å². The van der Waals surface area contributed by atoms with Gasteiger partial charge in [0, 0.05) is 6.54 Å². The van der Waals surface area contributed by atoms with Crippen LogP contribution in [0.25, 0.3) is 0 Å². The number of carbonyl (C=O) groups is 2. The molecule has 1 aromatic carbocycles. The molecular formula is C19H28N2O4. The van der Waals surface area contributed by atoms with E-state index < -0.39 is 17.7 Å². The summed E-state index contributed by atoms with van der Waals surface area (Å²) in [5, 5.41) is 2.89. The smallest absolute Gasteiger partial charge is 0.410 e. The van der Waals surface area contributed by atoms with Crippen LogP contribution in [-0.2, 0) is 9.53 Å². The van der Waals surface area contributed by atoms with E-state index in [1.54, 1.807) is 6.07 Å². The first-order valence-corrected chi connectivity index (χ1v) is 8.73. The lowest BCUT2D eigenvalue weighted by molar-refractivity contribution is -0.120. The fraction of sp³-hybridized carbons (Fsp3) is 0.579. The van der Waals surface area contributed by atoms with Crippen molar-refractivity contribution in [3.63, 3.8) is 0 Å². The SMILES string of the molecule is CC(C)Oc1ccccc1NC(=O)C1CCCN1C(=O)OC(C)(C)C. The average Bonchev–Trinajstić information content (AvgIpc) is 2.96. The van der Waals surface area contributed by atoms with Crippen molar-refractivity contribution in [2.45, 2.75) is 65.2 Å². The fourth-order valence-electron chi connectivity index (χ4n) is 2.72. The highest BCUT2D eigenvalue weighted by atomic mass is 16.6.